The smallest absolute Gasteiger partial charge is 0.126 e. The van der Waals surface area contributed by atoms with Crippen LogP contribution in [0.25, 0.3) is 0 Å². The normalized spacial score (nSPS) is 12.6. The van der Waals surface area contributed by atoms with Gasteiger partial charge in [-0.05, 0) is 47.4 Å². The third-order valence-corrected chi connectivity index (χ3v) is 4.69. The summed E-state index contributed by atoms with van der Waals surface area (Å²) in [5.41, 5.74) is 2.95. The zero-order valence-corrected chi connectivity index (χ0v) is 14.2. The van der Waals surface area contributed by atoms with Crippen molar-refractivity contribution in [1.82, 2.24) is 15.1 Å². The first kappa shape index (κ1) is 16.2. The topological polar surface area (TPSA) is 29.9 Å². The minimum atomic E-state index is -0.143. The molecule has 0 saturated carbocycles. The molecule has 1 N–H and O–H groups in total. The number of benzene rings is 1. The first-order valence-electron chi connectivity index (χ1n) is 7.17. The van der Waals surface area contributed by atoms with Gasteiger partial charge in [-0.25, -0.2) is 4.39 Å². The molecule has 0 saturated heterocycles. The van der Waals surface area contributed by atoms with Crippen LogP contribution in [0.4, 0.5) is 4.39 Å². The number of aryl methyl sites for hydroxylation is 2. The number of rotatable bonds is 6. The summed E-state index contributed by atoms with van der Waals surface area (Å²) in [5.74, 6) is -0.143. The monoisotopic (exact) mass is 353 g/mol. The van der Waals surface area contributed by atoms with E-state index in [1.807, 2.05) is 30.9 Å². The fraction of sp³-hybridized carbons (Fsp3) is 0.438. The Bertz CT molecular complexity index is 610. The highest BCUT2D eigenvalue weighted by atomic mass is 79.9. The number of halogens is 2. The average molecular weight is 354 g/mol. The third kappa shape index (κ3) is 3.71. The summed E-state index contributed by atoms with van der Waals surface area (Å²) in [7, 11) is 3.87. The molecular formula is C16H21BrFN3. The SMILES string of the molecule is CCc1nn(C)c(CC(Cc2ccccc2F)NC)c1Br. The van der Waals surface area contributed by atoms with Gasteiger partial charge in [0.15, 0.2) is 0 Å². The Kier molecular flexibility index (Phi) is 5.53. The Balaban J connectivity index is 2.16. The summed E-state index contributed by atoms with van der Waals surface area (Å²) in [5, 5.41) is 7.79. The van der Waals surface area contributed by atoms with Gasteiger partial charge in [0.1, 0.15) is 5.82 Å². The molecule has 0 spiro atoms. The number of nitrogens with zero attached hydrogens (tertiary/aromatic N) is 2. The fourth-order valence-electron chi connectivity index (χ4n) is 2.48. The molecule has 3 nitrogen and oxygen atoms in total. The molecular weight excluding hydrogens is 333 g/mol. The van der Waals surface area contributed by atoms with Gasteiger partial charge >= 0.3 is 0 Å². The molecule has 0 aliphatic heterocycles. The van der Waals surface area contributed by atoms with Crippen LogP contribution in [-0.2, 0) is 26.3 Å². The summed E-state index contributed by atoms with van der Waals surface area (Å²) in [6.45, 7) is 2.09. The van der Waals surface area contributed by atoms with E-state index >= 15 is 0 Å². The minimum Gasteiger partial charge on any atom is -0.316 e. The molecule has 1 unspecified atom stereocenters. The number of hydrogen-bond acceptors (Lipinski definition) is 2. The lowest BCUT2D eigenvalue weighted by Gasteiger charge is -2.17. The summed E-state index contributed by atoms with van der Waals surface area (Å²) in [6.07, 6.45) is 2.35. The van der Waals surface area contributed by atoms with Crippen molar-refractivity contribution in [2.45, 2.75) is 32.2 Å². The molecule has 114 valence electrons. The van der Waals surface area contributed by atoms with Gasteiger partial charge < -0.3 is 5.32 Å². The summed E-state index contributed by atoms with van der Waals surface area (Å²) in [6, 6.07) is 7.11. The van der Waals surface area contributed by atoms with Crippen molar-refractivity contribution in [3.05, 3.63) is 51.5 Å². The largest absolute Gasteiger partial charge is 0.316 e. The quantitative estimate of drug-likeness (QED) is 0.863. The van der Waals surface area contributed by atoms with E-state index in [2.05, 4.69) is 33.3 Å². The molecule has 1 atom stereocenters. The highest BCUT2D eigenvalue weighted by Gasteiger charge is 2.18. The van der Waals surface area contributed by atoms with Crippen LogP contribution in [0, 0.1) is 5.82 Å². The lowest BCUT2D eigenvalue weighted by Crippen LogP contribution is -2.31. The standard InChI is InChI=1S/C16H21BrFN3/c1-4-14-16(17)15(21(3)20-14)10-12(19-2)9-11-7-5-6-8-13(11)18/h5-8,12,19H,4,9-10H2,1-3H3. The Morgan fingerprint density at radius 2 is 2.05 bits per heavy atom. The molecule has 1 aromatic carbocycles. The van der Waals surface area contributed by atoms with Crippen LogP contribution in [-0.4, -0.2) is 22.9 Å². The Morgan fingerprint density at radius 3 is 2.62 bits per heavy atom. The molecule has 0 amide bonds. The van der Waals surface area contributed by atoms with Crippen molar-refractivity contribution in [3.8, 4) is 0 Å². The van der Waals surface area contributed by atoms with Gasteiger partial charge in [0, 0.05) is 19.5 Å². The van der Waals surface area contributed by atoms with Gasteiger partial charge in [-0.15, -0.1) is 0 Å². The molecule has 1 aromatic heterocycles. The maximum absolute atomic E-state index is 13.8. The molecule has 5 heteroatoms. The first-order chi connectivity index (χ1) is 10.1. The predicted molar refractivity (Wildman–Crippen MR) is 86.9 cm³/mol. The van der Waals surface area contributed by atoms with E-state index in [1.54, 1.807) is 6.07 Å². The number of aromatic nitrogens is 2. The van der Waals surface area contributed by atoms with E-state index in [-0.39, 0.29) is 11.9 Å². The average Bonchev–Trinajstić information content (AvgIpc) is 2.75. The maximum atomic E-state index is 13.8. The molecule has 0 radical (unpaired) electrons. The second kappa shape index (κ2) is 7.18. The lowest BCUT2D eigenvalue weighted by atomic mass is 10.0. The van der Waals surface area contributed by atoms with Crippen molar-refractivity contribution < 1.29 is 4.39 Å². The first-order valence-corrected chi connectivity index (χ1v) is 7.97. The highest BCUT2D eigenvalue weighted by molar-refractivity contribution is 9.10. The van der Waals surface area contributed by atoms with Crippen LogP contribution >= 0.6 is 15.9 Å². The van der Waals surface area contributed by atoms with Crippen molar-refractivity contribution in [2.75, 3.05) is 7.05 Å². The van der Waals surface area contributed by atoms with Crippen molar-refractivity contribution in [2.24, 2.45) is 7.05 Å². The number of hydrogen-bond donors (Lipinski definition) is 1. The fourth-order valence-corrected chi connectivity index (χ4v) is 3.26. The zero-order chi connectivity index (χ0) is 15.4. The van der Waals surface area contributed by atoms with Crippen molar-refractivity contribution in [3.63, 3.8) is 0 Å². The van der Waals surface area contributed by atoms with Crippen molar-refractivity contribution in [1.29, 1.82) is 0 Å². The van der Waals surface area contributed by atoms with Gasteiger partial charge in [-0.3, -0.25) is 4.68 Å². The Labute approximate surface area is 133 Å². The Hall–Kier alpha value is -1.20. The van der Waals surface area contributed by atoms with E-state index in [1.165, 1.54) is 6.07 Å². The lowest BCUT2D eigenvalue weighted by molar-refractivity contribution is 0.515. The van der Waals surface area contributed by atoms with Gasteiger partial charge in [0.2, 0.25) is 0 Å². The van der Waals surface area contributed by atoms with E-state index in [4.69, 9.17) is 0 Å². The van der Waals surface area contributed by atoms with E-state index in [0.717, 1.165) is 34.3 Å². The van der Waals surface area contributed by atoms with Crippen LogP contribution in [0.2, 0.25) is 0 Å². The second-order valence-electron chi connectivity index (χ2n) is 5.17. The molecule has 1 heterocycles. The van der Waals surface area contributed by atoms with Crippen LogP contribution < -0.4 is 5.32 Å². The van der Waals surface area contributed by atoms with Crippen molar-refractivity contribution >= 4 is 15.9 Å². The molecule has 0 aliphatic carbocycles. The summed E-state index contributed by atoms with van der Waals surface area (Å²) >= 11 is 3.63. The molecule has 0 bridgehead atoms. The van der Waals surface area contributed by atoms with Gasteiger partial charge in [-0.1, -0.05) is 25.1 Å². The molecule has 0 fully saturated rings. The van der Waals surface area contributed by atoms with Crippen LogP contribution in [0.15, 0.2) is 28.7 Å². The minimum absolute atomic E-state index is 0.143. The Morgan fingerprint density at radius 1 is 1.33 bits per heavy atom. The molecule has 2 aromatic rings. The zero-order valence-electron chi connectivity index (χ0n) is 12.7. The van der Waals surface area contributed by atoms with Gasteiger partial charge in [-0.2, -0.15) is 5.10 Å². The number of likely N-dealkylation sites (N-methyl/N-ethyl adjacent to an activating group) is 1. The summed E-state index contributed by atoms with van der Waals surface area (Å²) in [4.78, 5) is 0. The second-order valence-corrected chi connectivity index (χ2v) is 5.96. The molecule has 2 rings (SSSR count). The maximum Gasteiger partial charge on any atom is 0.126 e. The summed E-state index contributed by atoms with van der Waals surface area (Å²) < 4.78 is 16.8. The van der Waals surface area contributed by atoms with Gasteiger partial charge in [0.25, 0.3) is 0 Å². The third-order valence-electron chi connectivity index (χ3n) is 3.78. The van der Waals surface area contributed by atoms with E-state index in [9.17, 15) is 4.39 Å². The van der Waals surface area contributed by atoms with Crippen LogP contribution in [0.1, 0.15) is 23.9 Å². The van der Waals surface area contributed by atoms with Gasteiger partial charge in [0.05, 0.1) is 15.9 Å². The number of nitrogens with one attached hydrogen (secondary N) is 1. The van der Waals surface area contributed by atoms with Crippen LogP contribution in [0.3, 0.4) is 0 Å². The highest BCUT2D eigenvalue weighted by Crippen LogP contribution is 2.23. The molecule has 0 aliphatic rings. The van der Waals surface area contributed by atoms with E-state index < -0.39 is 0 Å². The van der Waals surface area contributed by atoms with Crippen LogP contribution in [0.5, 0.6) is 0 Å². The predicted octanol–water partition coefficient (Wildman–Crippen LogP) is 3.26. The van der Waals surface area contributed by atoms with E-state index in [0.29, 0.717) is 6.42 Å². The molecule has 21 heavy (non-hydrogen) atoms.